The molecule has 0 aliphatic heterocycles. The Bertz CT molecular complexity index is 1760. The Hall–Kier alpha value is -3.50. The molecule has 160 valence electrons. The number of fused-ring (bicyclic) bond motifs is 1. The lowest BCUT2D eigenvalue weighted by Crippen LogP contribution is -2.14. The second-order valence-electron chi connectivity index (χ2n) is 6.70. The van der Waals surface area contributed by atoms with Crippen LogP contribution in [0.1, 0.15) is 22.2 Å². The molecular formula is C21H23N7O2S. The molecule has 0 bridgehead atoms. The number of aromatic nitrogens is 4. The number of nitrogens with zero attached hydrogens (tertiary/aromatic N) is 5. The summed E-state index contributed by atoms with van der Waals surface area (Å²) in [4.78, 5) is 8.44. The maximum atomic E-state index is 12.2. The highest BCUT2D eigenvalue weighted by Gasteiger charge is 2.14. The standard InChI is InChI=1S/C21H23N7O2S/c1-13-5-6-15(11-19(13)31(22,29)30)24-21-23-10-9-20(25-21)27(3)16-7-8-17-14(2)28(4)26-18(17)12-16/h5-12H,1-4H3,(H2,22,29,30)(H,23,24,25)/i1D3,5D,6D,9D,10D,11D. The number of anilines is 4. The topological polar surface area (TPSA) is 119 Å². The molecule has 0 atom stereocenters. The van der Waals surface area contributed by atoms with Gasteiger partial charge in [-0.1, -0.05) is 6.04 Å². The quantitative estimate of drug-likeness (QED) is 0.484. The fraction of sp³-hybridized carbons (Fsp3) is 0.190. The highest BCUT2D eigenvalue weighted by molar-refractivity contribution is 7.89. The normalized spacial score (nSPS) is 15.7. The van der Waals surface area contributed by atoms with Gasteiger partial charge in [0.1, 0.15) is 5.82 Å². The van der Waals surface area contributed by atoms with Crippen LogP contribution in [0.4, 0.5) is 23.1 Å². The number of primary sulfonamides is 1. The lowest BCUT2D eigenvalue weighted by molar-refractivity contribution is 0.597. The van der Waals surface area contributed by atoms with Gasteiger partial charge in [-0.3, -0.25) is 4.68 Å². The van der Waals surface area contributed by atoms with Gasteiger partial charge >= 0.3 is 0 Å². The maximum Gasteiger partial charge on any atom is 0.238 e. The van der Waals surface area contributed by atoms with Crippen molar-refractivity contribution in [1.82, 2.24) is 19.7 Å². The number of hydrogen-bond acceptors (Lipinski definition) is 7. The van der Waals surface area contributed by atoms with Crippen molar-refractivity contribution < 1.29 is 19.4 Å². The zero-order chi connectivity index (χ0) is 29.2. The van der Waals surface area contributed by atoms with Gasteiger partial charge in [-0.2, -0.15) is 10.1 Å². The molecule has 3 N–H and O–H groups in total. The Labute approximate surface area is 191 Å². The SMILES string of the molecule is [2H]c1nc(Nc2c([2H])c([2H])c(C([2H])([2H])[2H])c(S(N)(=O)=O)c2[2H])nc(N(C)c2ccc3c(C)n(C)nc3c2)c1[2H]. The first-order chi connectivity index (χ1) is 17.9. The van der Waals surface area contributed by atoms with Gasteiger partial charge in [-0.25, -0.2) is 18.5 Å². The van der Waals surface area contributed by atoms with Gasteiger partial charge in [0.05, 0.1) is 17.3 Å². The number of rotatable bonds is 5. The maximum absolute atomic E-state index is 12.2. The number of aryl methyl sites for hydroxylation is 2. The van der Waals surface area contributed by atoms with E-state index >= 15 is 0 Å². The molecule has 0 saturated carbocycles. The van der Waals surface area contributed by atoms with E-state index in [4.69, 9.17) is 16.1 Å². The molecule has 0 aliphatic carbocycles. The Morgan fingerprint density at radius 3 is 2.84 bits per heavy atom. The Morgan fingerprint density at radius 2 is 2.10 bits per heavy atom. The third-order valence-corrected chi connectivity index (χ3v) is 5.54. The minimum atomic E-state index is -4.81. The van der Waals surface area contributed by atoms with Gasteiger partial charge in [0, 0.05) is 46.8 Å². The van der Waals surface area contributed by atoms with Crippen LogP contribution in [-0.2, 0) is 17.1 Å². The average Bonchev–Trinajstić information content (AvgIpc) is 3.11. The van der Waals surface area contributed by atoms with Crippen LogP contribution in [0.2, 0.25) is 0 Å². The number of sulfonamides is 1. The second kappa shape index (κ2) is 7.64. The molecule has 4 aromatic rings. The van der Waals surface area contributed by atoms with Crippen LogP contribution in [-0.4, -0.2) is 35.2 Å². The van der Waals surface area contributed by atoms with Crippen molar-refractivity contribution in [2.75, 3.05) is 17.3 Å². The molecule has 2 heterocycles. The molecule has 0 spiro atoms. The van der Waals surface area contributed by atoms with E-state index in [1.807, 2.05) is 20.0 Å². The molecule has 0 saturated heterocycles. The Morgan fingerprint density at radius 1 is 1.29 bits per heavy atom. The fourth-order valence-electron chi connectivity index (χ4n) is 2.93. The van der Waals surface area contributed by atoms with Crippen LogP contribution < -0.4 is 15.4 Å². The predicted molar refractivity (Wildman–Crippen MR) is 121 cm³/mol. The molecule has 9 nitrogen and oxygen atoms in total. The highest BCUT2D eigenvalue weighted by atomic mass is 32.2. The number of nitrogens with one attached hydrogen (secondary N) is 1. The van der Waals surface area contributed by atoms with Crippen molar-refractivity contribution in [3.8, 4) is 0 Å². The summed E-state index contributed by atoms with van der Waals surface area (Å²) >= 11 is 0. The first-order valence-electron chi connectivity index (χ1n) is 12.9. The van der Waals surface area contributed by atoms with E-state index in [1.54, 1.807) is 23.9 Å². The summed E-state index contributed by atoms with van der Waals surface area (Å²) in [6.45, 7) is -1.23. The average molecular weight is 446 g/mol. The predicted octanol–water partition coefficient (Wildman–Crippen LogP) is 3.14. The monoisotopic (exact) mass is 445 g/mol. The molecule has 0 aliphatic rings. The van der Waals surface area contributed by atoms with E-state index in [0.29, 0.717) is 11.2 Å². The molecule has 4 rings (SSSR count). The van der Waals surface area contributed by atoms with Gasteiger partial charge in [0.15, 0.2) is 0 Å². The van der Waals surface area contributed by atoms with E-state index in [2.05, 4.69) is 20.4 Å². The van der Waals surface area contributed by atoms with Gasteiger partial charge in [0.2, 0.25) is 16.0 Å². The largest absolute Gasteiger partial charge is 0.329 e. The van der Waals surface area contributed by atoms with Gasteiger partial charge in [-0.05, 0) is 55.7 Å². The Kier molecular flexibility index (Phi) is 3.21. The van der Waals surface area contributed by atoms with E-state index in [9.17, 15) is 8.42 Å². The molecule has 0 radical (unpaired) electrons. The summed E-state index contributed by atoms with van der Waals surface area (Å²) in [5.74, 6) is -0.435. The lowest BCUT2D eigenvalue weighted by atomic mass is 10.2. The van der Waals surface area contributed by atoms with Crippen molar-refractivity contribution in [2.45, 2.75) is 18.7 Å². The molecule has 0 fully saturated rings. The van der Waals surface area contributed by atoms with E-state index in [0.717, 1.165) is 11.1 Å². The zero-order valence-corrected chi connectivity index (χ0v) is 17.6. The zero-order valence-electron chi connectivity index (χ0n) is 24.8. The molecular weight excluding hydrogens is 414 g/mol. The van der Waals surface area contributed by atoms with Crippen molar-refractivity contribution in [3.05, 3.63) is 59.8 Å². The molecule has 10 heteroatoms. The summed E-state index contributed by atoms with van der Waals surface area (Å²) in [6, 6.07) is 2.29. The van der Waals surface area contributed by atoms with Crippen LogP contribution in [0.25, 0.3) is 10.9 Å². The summed E-state index contributed by atoms with van der Waals surface area (Å²) in [5, 5.41) is 13.0. The fourth-order valence-corrected chi connectivity index (χ4v) is 3.51. The highest BCUT2D eigenvalue weighted by Crippen LogP contribution is 2.28. The van der Waals surface area contributed by atoms with Crippen LogP contribution >= 0.6 is 0 Å². The van der Waals surface area contributed by atoms with Crippen molar-refractivity contribution >= 4 is 44.1 Å². The van der Waals surface area contributed by atoms with E-state index in [1.165, 1.54) is 4.90 Å². The summed E-state index contributed by atoms with van der Waals surface area (Å²) in [6.07, 6.45) is -0.529. The second-order valence-corrected chi connectivity index (χ2v) is 8.20. The van der Waals surface area contributed by atoms with Crippen LogP contribution in [0.5, 0.6) is 0 Å². The van der Waals surface area contributed by atoms with Crippen LogP contribution in [0.3, 0.4) is 0 Å². The van der Waals surface area contributed by atoms with Crippen molar-refractivity contribution in [2.24, 2.45) is 12.2 Å². The third kappa shape index (κ3) is 4.07. The molecule has 31 heavy (non-hydrogen) atoms. The van der Waals surface area contributed by atoms with Crippen LogP contribution in [0, 0.1) is 13.8 Å². The third-order valence-electron chi connectivity index (χ3n) is 4.66. The van der Waals surface area contributed by atoms with Gasteiger partial charge < -0.3 is 10.2 Å². The number of nitrogens with two attached hydrogens (primary N) is 1. The minimum Gasteiger partial charge on any atom is -0.329 e. The number of hydrogen-bond donors (Lipinski definition) is 2. The molecule has 0 amide bonds. The Balaban J connectivity index is 1.85. The summed E-state index contributed by atoms with van der Waals surface area (Å²) in [5.41, 5.74) is 0.571. The van der Waals surface area contributed by atoms with Gasteiger partial charge in [0.25, 0.3) is 0 Å². The van der Waals surface area contributed by atoms with E-state index in [-0.39, 0.29) is 11.9 Å². The molecule has 2 aromatic heterocycles. The van der Waals surface area contributed by atoms with E-state index < -0.39 is 63.3 Å². The molecule has 2 aromatic carbocycles. The molecule has 0 unspecified atom stereocenters. The first-order valence-corrected chi connectivity index (χ1v) is 10.4. The lowest BCUT2D eigenvalue weighted by Gasteiger charge is -2.19. The smallest absolute Gasteiger partial charge is 0.238 e. The first kappa shape index (κ1) is 13.0. The van der Waals surface area contributed by atoms with Gasteiger partial charge in [-0.15, -0.1) is 0 Å². The summed E-state index contributed by atoms with van der Waals surface area (Å²) < 4.78 is 90.3. The van der Waals surface area contributed by atoms with Crippen molar-refractivity contribution in [3.63, 3.8) is 0 Å². The number of benzene rings is 2. The minimum absolute atomic E-state index is 0.0422. The van der Waals surface area contributed by atoms with Crippen molar-refractivity contribution in [1.29, 1.82) is 0 Å². The summed E-state index contributed by atoms with van der Waals surface area (Å²) in [7, 11) is -1.40. The van der Waals surface area contributed by atoms with Crippen LogP contribution in [0.15, 0.2) is 53.4 Å².